The fraction of sp³-hybridized carbons (Fsp3) is 0.250. The number of carboxylic acid groups (broad SMARTS) is 1. The molecule has 21 heavy (non-hydrogen) atoms. The highest BCUT2D eigenvalue weighted by molar-refractivity contribution is 5.98. The van der Waals surface area contributed by atoms with Crippen molar-refractivity contribution in [1.29, 1.82) is 0 Å². The van der Waals surface area contributed by atoms with Gasteiger partial charge in [0.1, 0.15) is 18.4 Å². The predicted octanol–water partition coefficient (Wildman–Crippen LogP) is 2.40. The zero-order valence-corrected chi connectivity index (χ0v) is 11.7. The maximum atomic E-state index is 12.2. The van der Waals surface area contributed by atoms with E-state index in [1.807, 2.05) is 0 Å². The SMILES string of the molecule is C=CCCC(NC(=O)c1ccccc1OCC=C)C(=O)O. The van der Waals surface area contributed by atoms with Crippen molar-refractivity contribution in [2.24, 2.45) is 0 Å². The molecule has 1 atom stereocenters. The molecule has 5 heteroatoms. The fourth-order valence-electron chi connectivity index (χ4n) is 1.71. The van der Waals surface area contributed by atoms with Crippen molar-refractivity contribution in [3.8, 4) is 5.75 Å². The Hall–Kier alpha value is -2.56. The van der Waals surface area contributed by atoms with Gasteiger partial charge in [-0.1, -0.05) is 30.9 Å². The summed E-state index contributed by atoms with van der Waals surface area (Å²) in [6, 6.07) is 5.71. The molecule has 0 aromatic heterocycles. The minimum absolute atomic E-state index is 0.267. The largest absolute Gasteiger partial charge is 0.489 e. The van der Waals surface area contributed by atoms with Crippen molar-refractivity contribution >= 4 is 11.9 Å². The van der Waals surface area contributed by atoms with Crippen LogP contribution in [0.25, 0.3) is 0 Å². The summed E-state index contributed by atoms with van der Waals surface area (Å²) in [6.07, 6.45) is 3.98. The van der Waals surface area contributed by atoms with Gasteiger partial charge in [0.25, 0.3) is 5.91 Å². The van der Waals surface area contributed by atoms with Gasteiger partial charge in [-0.15, -0.1) is 6.58 Å². The number of carboxylic acids is 1. The zero-order chi connectivity index (χ0) is 15.7. The van der Waals surface area contributed by atoms with Gasteiger partial charge in [0.2, 0.25) is 0 Å². The van der Waals surface area contributed by atoms with Crippen LogP contribution in [0.3, 0.4) is 0 Å². The quantitative estimate of drug-likeness (QED) is 0.684. The third kappa shape index (κ3) is 5.14. The van der Waals surface area contributed by atoms with Gasteiger partial charge in [-0.2, -0.15) is 0 Å². The highest BCUT2D eigenvalue weighted by Crippen LogP contribution is 2.18. The standard InChI is InChI=1S/C16H19NO4/c1-3-5-9-13(16(19)20)17-15(18)12-8-6-7-10-14(12)21-11-4-2/h3-4,6-8,10,13H,1-2,5,9,11H2,(H,17,18)(H,19,20). The Kier molecular flexibility index (Phi) is 6.74. The van der Waals surface area contributed by atoms with Crippen LogP contribution in [0.5, 0.6) is 5.75 Å². The summed E-state index contributed by atoms with van der Waals surface area (Å²) in [5, 5.41) is 11.6. The van der Waals surface area contributed by atoms with Crippen LogP contribution in [0.1, 0.15) is 23.2 Å². The number of carbonyl (C=O) groups excluding carboxylic acids is 1. The maximum Gasteiger partial charge on any atom is 0.326 e. The van der Waals surface area contributed by atoms with Crippen molar-refractivity contribution in [3.05, 3.63) is 55.1 Å². The first-order chi connectivity index (χ1) is 10.1. The molecule has 0 fully saturated rings. The Bertz CT molecular complexity index is 525. The van der Waals surface area contributed by atoms with Gasteiger partial charge < -0.3 is 15.2 Å². The van der Waals surface area contributed by atoms with E-state index in [9.17, 15) is 9.59 Å². The molecule has 2 N–H and O–H groups in total. The van der Waals surface area contributed by atoms with Gasteiger partial charge in [0.15, 0.2) is 0 Å². The third-order valence-corrected chi connectivity index (χ3v) is 2.75. The van der Waals surface area contributed by atoms with Crippen LogP contribution in [-0.4, -0.2) is 29.6 Å². The van der Waals surface area contributed by atoms with Crippen LogP contribution in [-0.2, 0) is 4.79 Å². The van der Waals surface area contributed by atoms with Crippen LogP contribution in [0.4, 0.5) is 0 Å². The Morgan fingerprint density at radius 1 is 1.29 bits per heavy atom. The number of nitrogens with one attached hydrogen (secondary N) is 1. The number of aliphatic carboxylic acids is 1. The molecule has 0 heterocycles. The van der Waals surface area contributed by atoms with Gasteiger partial charge >= 0.3 is 5.97 Å². The van der Waals surface area contributed by atoms with E-state index in [2.05, 4.69) is 18.5 Å². The molecule has 1 aromatic rings. The first-order valence-electron chi connectivity index (χ1n) is 6.57. The normalized spacial score (nSPS) is 11.2. The minimum Gasteiger partial charge on any atom is -0.489 e. The van der Waals surface area contributed by atoms with Crippen molar-refractivity contribution < 1.29 is 19.4 Å². The lowest BCUT2D eigenvalue weighted by Crippen LogP contribution is -2.40. The predicted molar refractivity (Wildman–Crippen MR) is 80.5 cm³/mol. The molecular weight excluding hydrogens is 270 g/mol. The Morgan fingerprint density at radius 3 is 2.62 bits per heavy atom. The highest BCUT2D eigenvalue weighted by Gasteiger charge is 2.21. The number of amides is 1. The molecule has 1 rings (SSSR count). The number of allylic oxidation sites excluding steroid dienone is 1. The van der Waals surface area contributed by atoms with Crippen LogP contribution in [0.15, 0.2) is 49.6 Å². The number of carbonyl (C=O) groups is 2. The summed E-state index contributed by atoms with van der Waals surface area (Å²) in [4.78, 5) is 23.3. The van der Waals surface area contributed by atoms with Crippen LogP contribution in [0, 0.1) is 0 Å². The van der Waals surface area contributed by atoms with Gasteiger partial charge in [-0.25, -0.2) is 4.79 Å². The monoisotopic (exact) mass is 289 g/mol. The average molecular weight is 289 g/mol. The van der Waals surface area contributed by atoms with Gasteiger partial charge in [0, 0.05) is 0 Å². The maximum absolute atomic E-state index is 12.2. The summed E-state index contributed by atoms with van der Waals surface area (Å²) >= 11 is 0. The Balaban J connectivity index is 2.84. The molecule has 1 amide bonds. The molecule has 0 saturated carbocycles. The lowest BCUT2D eigenvalue weighted by molar-refractivity contribution is -0.139. The van der Waals surface area contributed by atoms with Crippen molar-refractivity contribution in [3.63, 3.8) is 0 Å². The molecule has 0 aliphatic carbocycles. The second kappa shape index (κ2) is 8.58. The Morgan fingerprint density at radius 2 is 2.00 bits per heavy atom. The number of ether oxygens (including phenoxy) is 1. The molecule has 0 bridgehead atoms. The van der Waals surface area contributed by atoms with Gasteiger partial charge in [-0.3, -0.25) is 4.79 Å². The fourth-order valence-corrected chi connectivity index (χ4v) is 1.71. The van der Waals surface area contributed by atoms with E-state index in [4.69, 9.17) is 9.84 Å². The summed E-state index contributed by atoms with van der Waals surface area (Å²) in [5.74, 6) is -1.16. The van der Waals surface area contributed by atoms with E-state index < -0.39 is 17.9 Å². The summed E-state index contributed by atoms with van der Waals surface area (Å²) in [7, 11) is 0. The lowest BCUT2D eigenvalue weighted by Gasteiger charge is -2.15. The second-order valence-electron chi connectivity index (χ2n) is 4.33. The third-order valence-electron chi connectivity index (χ3n) is 2.75. The van der Waals surface area contributed by atoms with Gasteiger partial charge in [0.05, 0.1) is 5.56 Å². The van der Waals surface area contributed by atoms with E-state index in [-0.39, 0.29) is 6.61 Å². The van der Waals surface area contributed by atoms with E-state index in [0.717, 1.165) is 0 Å². The average Bonchev–Trinajstić information content (AvgIpc) is 2.49. The molecule has 1 aromatic carbocycles. The first-order valence-corrected chi connectivity index (χ1v) is 6.57. The van der Waals surface area contributed by atoms with Crippen molar-refractivity contribution in [1.82, 2.24) is 5.32 Å². The molecular formula is C16H19NO4. The number of benzene rings is 1. The van der Waals surface area contributed by atoms with Crippen molar-refractivity contribution in [2.45, 2.75) is 18.9 Å². The molecule has 0 saturated heterocycles. The highest BCUT2D eigenvalue weighted by atomic mass is 16.5. The smallest absolute Gasteiger partial charge is 0.326 e. The van der Waals surface area contributed by atoms with E-state index in [1.165, 1.54) is 0 Å². The lowest BCUT2D eigenvalue weighted by atomic mass is 10.1. The molecule has 0 radical (unpaired) electrons. The van der Waals surface area contributed by atoms with Gasteiger partial charge in [-0.05, 0) is 25.0 Å². The van der Waals surface area contributed by atoms with E-state index >= 15 is 0 Å². The van der Waals surface area contributed by atoms with E-state index in [1.54, 1.807) is 36.4 Å². The Labute approximate surface area is 123 Å². The minimum atomic E-state index is -1.07. The topological polar surface area (TPSA) is 75.6 Å². The number of rotatable bonds is 9. The number of para-hydroxylation sites is 1. The molecule has 0 aliphatic rings. The molecule has 0 spiro atoms. The zero-order valence-electron chi connectivity index (χ0n) is 11.7. The molecule has 0 aliphatic heterocycles. The van der Waals surface area contributed by atoms with E-state index in [0.29, 0.717) is 24.2 Å². The van der Waals surface area contributed by atoms with Crippen LogP contribution >= 0.6 is 0 Å². The summed E-state index contributed by atoms with van der Waals surface area (Å²) in [5.41, 5.74) is 0.296. The first kappa shape index (κ1) is 16.5. The molecule has 112 valence electrons. The van der Waals surface area contributed by atoms with Crippen molar-refractivity contribution in [2.75, 3.05) is 6.61 Å². The van der Waals surface area contributed by atoms with Crippen LogP contribution < -0.4 is 10.1 Å². The summed E-state index contributed by atoms with van der Waals surface area (Å²) in [6.45, 7) is 7.35. The molecule has 1 unspecified atom stereocenters. The number of hydrogen-bond donors (Lipinski definition) is 2. The summed E-state index contributed by atoms with van der Waals surface area (Å²) < 4.78 is 5.39. The number of hydrogen-bond acceptors (Lipinski definition) is 3. The second-order valence-corrected chi connectivity index (χ2v) is 4.33. The van der Waals surface area contributed by atoms with Crippen LogP contribution in [0.2, 0.25) is 0 Å². The molecule has 5 nitrogen and oxygen atoms in total.